The van der Waals surface area contributed by atoms with Crippen LogP contribution in [0.4, 0.5) is 11.6 Å². The van der Waals surface area contributed by atoms with Gasteiger partial charge in [0.2, 0.25) is 11.8 Å². The van der Waals surface area contributed by atoms with Crippen LogP contribution in [-0.2, 0) is 0 Å². The van der Waals surface area contributed by atoms with Crippen molar-refractivity contribution in [2.45, 2.75) is 13.8 Å². The number of anilines is 2. The molecule has 0 saturated heterocycles. The van der Waals surface area contributed by atoms with Crippen LogP contribution in [0.15, 0.2) is 73.2 Å². The van der Waals surface area contributed by atoms with Gasteiger partial charge in [-0.1, -0.05) is 0 Å². The normalized spacial score (nSPS) is 10.5. The minimum absolute atomic E-state index is 0.473. The van der Waals surface area contributed by atoms with Gasteiger partial charge in [-0.2, -0.15) is 10.2 Å². The van der Waals surface area contributed by atoms with E-state index in [0.717, 1.165) is 28.3 Å². The van der Waals surface area contributed by atoms with Gasteiger partial charge < -0.3 is 14.2 Å². The molecule has 4 rings (SSSR count). The monoisotopic (exact) mass is 395 g/mol. The van der Waals surface area contributed by atoms with Gasteiger partial charge in [-0.05, 0) is 73.5 Å². The van der Waals surface area contributed by atoms with Crippen LogP contribution in [0.3, 0.4) is 0 Å². The molecule has 2 aromatic carbocycles. The second-order valence-electron chi connectivity index (χ2n) is 7.01. The van der Waals surface area contributed by atoms with Crippen molar-refractivity contribution in [2.24, 2.45) is 0 Å². The van der Waals surface area contributed by atoms with E-state index in [2.05, 4.69) is 32.7 Å². The lowest BCUT2D eigenvalue weighted by atomic mass is 10.1. The van der Waals surface area contributed by atoms with Crippen LogP contribution in [-0.4, -0.2) is 21.6 Å². The first kappa shape index (κ1) is 19.2. The quantitative estimate of drug-likeness (QED) is 0.458. The molecule has 2 aromatic heterocycles. The third-order valence-corrected chi connectivity index (χ3v) is 4.86. The van der Waals surface area contributed by atoms with Gasteiger partial charge >= 0.3 is 0 Å². The first-order chi connectivity index (χ1) is 14.5. The van der Waals surface area contributed by atoms with Gasteiger partial charge in [-0.25, -0.2) is 4.98 Å². The molecule has 0 atom stereocenters. The van der Waals surface area contributed by atoms with Crippen molar-refractivity contribution in [1.29, 1.82) is 5.26 Å². The van der Waals surface area contributed by atoms with Crippen molar-refractivity contribution in [3.8, 4) is 23.4 Å². The number of nitriles is 1. The Morgan fingerprint density at radius 2 is 1.67 bits per heavy atom. The number of aryl methyl sites for hydroxylation is 2. The van der Waals surface area contributed by atoms with Crippen molar-refractivity contribution in [2.75, 3.05) is 11.9 Å². The van der Waals surface area contributed by atoms with E-state index < -0.39 is 0 Å². The number of benzene rings is 2. The SMILES string of the molecule is Cc1cc(-n2cccc2)cc(C)c1Oc1ccnc(N(C)c2ccc(C#N)cc2)n1. The van der Waals surface area contributed by atoms with Crippen molar-refractivity contribution >= 4 is 11.6 Å². The molecular weight excluding hydrogens is 374 g/mol. The lowest BCUT2D eigenvalue weighted by Crippen LogP contribution is -2.13. The minimum atomic E-state index is 0.473. The summed E-state index contributed by atoms with van der Waals surface area (Å²) in [4.78, 5) is 10.8. The van der Waals surface area contributed by atoms with Crippen LogP contribution >= 0.6 is 0 Å². The van der Waals surface area contributed by atoms with Gasteiger partial charge in [0.25, 0.3) is 0 Å². The van der Waals surface area contributed by atoms with Crippen molar-refractivity contribution < 1.29 is 4.74 Å². The highest BCUT2D eigenvalue weighted by Crippen LogP contribution is 2.31. The number of rotatable bonds is 5. The Morgan fingerprint density at radius 1 is 1.00 bits per heavy atom. The smallest absolute Gasteiger partial charge is 0.232 e. The Labute approximate surface area is 175 Å². The molecule has 0 N–H and O–H groups in total. The standard InChI is InChI=1S/C24H21N5O/c1-17-14-21(29-12-4-5-13-29)15-18(2)23(17)30-22-10-11-26-24(27-22)28(3)20-8-6-19(16-25)7-9-20/h4-15H,1-3H3. The van der Waals surface area contributed by atoms with Crippen molar-refractivity contribution in [1.82, 2.24) is 14.5 Å². The Morgan fingerprint density at radius 3 is 2.30 bits per heavy atom. The molecule has 0 unspecified atom stereocenters. The average Bonchev–Trinajstić information content (AvgIpc) is 3.31. The Balaban J connectivity index is 1.59. The predicted molar refractivity (Wildman–Crippen MR) is 117 cm³/mol. The average molecular weight is 395 g/mol. The summed E-state index contributed by atoms with van der Waals surface area (Å²) in [5.41, 5.74) is 4.64. The molecule has 4 aromatic rings. The molecule has 0 aliphatic rings. The van der Waals surface area contributed by atoms with Crippen LogP contribution in [0.2, 0.25) is 0 Å². The zero-order valence-corrected chi connectivity index (χ0v) is 17.1. The van der Waals surface area contributed by atoms with Crippen LogP contribution in [0.5, 0.6) is 11.6 Å². The maximum Gasteiger partial charge on any atom is 0.232 e. The second-order valence-corrected chi connectivity index (χ2v) is 7.01. The number of ether oxygens (including phenoxy) is 1. The van der Waals surface area contributed by atoms with E-state index in [0.29, 0.717) is 17.4 Å². The fraction of sp³-hybridized carbons (Fsp3) is 0.125. The van der Waals surface area contributed by atoms with Gasteiger partial charge in [-0.3, -0.25) is 0 Å². The lowest BCUT2D eigenvalue weighted by Gasteiger charge is -2.18. The Hall–Kier alpha value is -4.11. The molecule has 0 aliphatic heterocycles. The molecule has 0 aliphatic carbocycles. The molecule has 30 heavy (non-hydrogen) atoms. The summed E-state index contributed by atoms with van der Waals surface area (Å²) in [5, 5.41) is 8.97. The zero-order chi connectivity index (χ0) is 21.1. The van der Waals surface area contributed by atoms with Crippen LogP contribution in [0.1, 0.15) is 16.7 Å². The van der Waals surface area contributed by atoms with Crippen LogP contribution in [0.25, 0.3) is 5.69 Å². The molecule has 6 heteroatoms. The summed E-state index contributed by atoms with van der Waals surface area (Å²) in [6, 6.07) is 19.3. The van der Waals surface area contributed by atoms with E-state index in [1.54, 1.807) is 24.4 Å². The fourth-order valence-corrected chi connectivity index (χ4v) is 3.27. The molecular formula is C24H21N5O. The number of hydrogen-bond acceptors (Lipinski definition) is 5. The summed E-state index contributed by atoms with van der Waals surface area (Å²) >= 11 is 0. The van der Waals surface area contributed by atoms with E-state index in [4.69, 9.17) is 10.00 Å². The Bertz CT molecular complexity index is 1180. The minimum Gasteiger partial charge on any atom is -0.438 e. The molecule has 148 valence electrons. The van der Waals surface area contributed by atoms with E-state index >= 15 is 0 Å². The third kappa shape index (κ3) is 3.87. The maximum absolute atomic E-state index is 8.97. The molecule has 0 amide bonds. The number of nitrogens with zero attached hydrogens (tertiary/aromatic N) is 5. The largest absolute Gasteiger partial charge is 0.438 e. The van der Waals surface area contributed by atoms with Crippen LogP contribution < -0.4 is 9.64 Å². The lowest BCUT2D eigenvalue weighted by molar-refractivity contribution is 0.455. The molecule has 0 saturated carbocycles. The molecule has 0 fully saturated rings. The molecule has 0 spiro atoms. The number of aromatic nitrogens is 3. The highest BCUT2D eigenvalue weighted by Gasteiger charge is 2.12. The van der Waals surface area contributed by atoms with E-state index in [-0.39, 0.29) is 0 Å². The Kier molecular flexibility index (Phi) is 5.19. The van der Waals surface area contributed by atoms with Crippen molar-refractivity contribution in [3.05, 3.63) is 89.9 Å². The topological polar surface area (TPSA) is 67.0 Å². The summed E-state index contributed by atoms with van der Waals surface area (Å²) in [7, 11) is 1.88. The predicted octanol–water partition coefficient (Wildman–Crippen LogP) is 5.32. The summed E-state index contributed by atoms with van der Waals surface area (Å²) in [6.45, 7) is 4.06. The summed E-state index contributed by atoms with van der Waals surface area (Å²) in [5.74, 6) is 1.77. The van der Waals surface area contributed by atoms with Gasteiger partial charge in [0.15, 0.2) is 0 Å². The molecule has 0 bridgehead atoms. The maximum atomic E-state index is 8.97. The third-order valence-electron chi connectivity index (χ3n) is 4.86. The molecule has 6 nitrogen and oxygen atoms in total. The highest BCUT2D eigenvalue weighted by atomic mass is 16.5. The van der Waals surface area contributed by atoms with Gasteiger partial charge in [0, 0.05) is 43.1 Å². The van der Waals surface area contributed by atoms with Gasteiger partial charge in [-0.15, -0.1) is 0 Å². The summed E-state index contributed by atoms with van der Waals surface area (Å²) < 4.78 is 8.21. The van der Waals surface area contributed by atoms with Crippen LogP contribution in [0, 0.1) is 25.2 Å². The van der Waals surface area contributed by atoms with Gasteiger partial charge in [0.05, 0.1) is 11.6 Å². The van der Waals surface area contributed by atoms with E-state index in [1.807, 2.05) is 62.5 Å². The summed E-state index contributed by atoms with van der Waals surface area (Å²) in [6.07, 6.45) is 5.71. The second kappa shape index (κ2) is 8.10. The first-order valence-corrected chi connectivity index (χ1v) is 9.54. The first-order valence-electron chi connectivity index (χ1n) is 9.54. The van der Waals surface area contributed by atoms with E-state index in [1.165, 1.54) is 0 Å². The van der Waals surface area contributed by atoms with Gasteiger partial charge in [0.1, 0.15) is 5.75 Å². The van der Waals surface area contributed by atoms with E-state index in [9.17, 15) is 0 Å². The molecule has 2 heterocycles. The number of hydrogen-bond donors (Lipinski definition) is 0. The fourth-order valence-electron chi connectivity index (χ4n) is 3.27. The highest BCUT2D eigenvalue weighted by molar-refractivity contribution is 5.58. The van der Waals surface area contributed by atoms with Crippen molar-refractivity contribution in [3.63, 3.8) is 0 Å². The zero-order valence-electron chi connectivity index (χ0n) is 17.1. The molecule has 0 radical (unpaired) electrons.